The van der Waals surface area contributed by atoms with Gasteiger partial charge in [-0.2, -0.15) is 0 Å². The Morgan fingerprint density at radius 2 is 2.00 bits per heavy atom. The van der Waals surface area contributed by atoms with Crippen molar-refractivity contribution in [1.82, 2.24) is 4.90 Å². The zero-order valence-electron chi connectivity index (χ0n) is 17.4. The highest BCUT2D eigenvalue weighted by molar-refractivity contribution is 14.1. The van der Waals surface area contributed by atoms with Gasteiger partial charge in [0.2, 0.25) is 5.91 Å². The van der Waals surface area contributed by atoms with Gasteiger partial charge in [-0.05, 0) is 77.2 Å². The summed E-state index contributed by atoms with van der Waals surface area (Å²) in [5.74, 6) is 0.318. The number of thioether (sulfide) groups is 1. The molecule has 172 valence electrons. The maximum atomic E-state index is 12.8. The van der Waals surface area contributed by atoms with E-state index in [9.17, 15) is 19.5 Å². The molecule has 2 aliphatic heterocycles. The molecule has 1 saturated heterocycles. The Balaban J connectivity index is 1.45. The first-order valence-corrected chi connectivity index (χ1v) is 11.9. The number of halogens is 1. The summed E-state index contributed by atoms with van der Waals surface area (Å²) in [5, 5.41) is 12.2. The van der Waals surface area contributed by atoms with Gasteiger partial charge in [0.15, 0.2) is 23.0 Å². The minimum absolute atomic E-state index is 0.0125. The number of phenols is 1. The number of hydrogen-bond acceptors (Lipinski definition) is 8. The predicted octanol–water partition coefficient (Wildman–Crippen LogP) is 3.84. The molecule has 0 radical (unpaired) electrons. The maximum Gasteiger partial charge on any atom is 0.294 e. The SMILES string of the molecule is CCOc1cc(/C=C2/SC(=O)N(CC(=O)Nc3ccc4c(c3)OCCO4)C2=O)cc(I)c1O. The third-order valence-corrected chi connectivity index (χ3v) is 6.38. The molecule has 2 heterocycles. The zero-order valence-corrected chi connectivity index (χ0v) is 20.4. The first-order chi connectivity index (χ1) is 15.9. The average Bonchev–Trinajstić information content (AvgIpc) is 3.04. The molecular formula is C22H19IN2O7S. The Morgan fingerprint density at radius 3 is 2.76 bits per heavy atom. The topological polar surface area (TPSA) is 114 Å². The lowest BCUT2D eigenvalue weighted by molar-refractivity contribution is -0.127. The number of carbonyl (C=O) groups is 3. The van der Waals surface area contributed by atoms with E-state index in [-0.39, 0.29) is 16.4 Å². The Hall–Kier alpha value is -2.93. The van der Waals surface area contributed by atoms with E-state index in [2.05, 4.69) is 5.32 Å². The molecule has 2 aliphatic rings. The van der Waals surface area contributed by atoms with Crippen LogP contribution in [0.25, 0.3) is 6.08 Å². The van der Waals surface area contributed by atoms with Crippen LogP contribution in [-0.4, -0.2) is 53.4 Å². The normalized spacial score (nSPS) is 16.3. The van der Waals surface area contributed by atoms with Crippen LogP contribution in [0.4, 0.5) is 10.5 Å². The maximum absolute atomic E-state index is 12.8. The van der Waals surface area contributed by atoms with E-state index < -0.39 is 23.6 Å². The molecular weight excluding hydrogens is 563 g/mol. The van der Waals surface area contributed by atoms with E-state index in [1.807, 2.05) is 22.6 Å². The van der Waals surface area contributed by atoms with Crippen LogP contribution >= 0.6 is 34.4 Å². The van der Waals surface area contributed by atoms with E-state index in [0.717, 1.165) is 16.7 Å². The van der Waals surface area contributed by atoms with E-state index in [1.54, 1.807) is 37.3 Å². The van der Waals surface area contributed by atoms with Gasteiger partial charge in [-0.1, -0.05) is 0 Å². The molecule has 1 fully saturated rings. The van der Waals surface area contributed by atoms with Crippen molar-refractivity contribution in [3.05, 3.63) is 44.4 Å². The molecule has 3 amide bonds. The zero-order chi connectivity index (χ0) is 23.5. The molecule has 33 heavy (non-hydrogen) atoms. The van der Waals surface area contributed by atoms with Crippen LogP contribution in [0, 0.1) is 3.57 Å². The van der Waals surface area contributed by atoms with Crippen molar-refractivity contribution < 1.29 is 33.7 Å². The summed E-state index contributed by atoms with van der Waals surface area (Å²) < 4.78 is 16.9. The highest BCUT2D eigenvalue weighted by Crippen LogP contribution is 2.37. The average molecular weight is 582 g/mol. The quantitative estimate of drug-likeness (QED) is 0.390. The first-order valence-electron chi connectivity index (χ1n) is 9.96. The van der Waals surface area contributed by atoms with E-state index >= 15 is 0 Å². The lowest BCUT2D eigenvalue weighted by Gasteiger charge is -2.19. The number of fused-ring (bicyclic) bond motifs is 1. The van der Waals surface area contributed by atoms with Crippen molar-refractivity contribution >= 4 is 63.2 Å². The molecule has 9 nitrogen and oxygen atoms in total. The Labute approximate surface area is 207 Å². The molecule has 0 atom stereocenters. The van der Waals surface area contributed by atoms with Gasteiger partial charge in [0.05, 0.1) is 15.1 Å². The lowest BCUT2D eigenvalue weighted by atomic mass is 10.2. The number of anilines is 1. The molecule has 0 saturated carbocycles. The van der Waals surface area contributed by atoms with Crippen LogP contribution in [0.1, 0.15) is 12.5 Å². The van der Waals surface area contributed by atoms with Crippen molar-refractivity contribution in [2.45, 2.75) is 6.92 Å². The number of rotatable bonds is 6. The van der Waals surface area contributed by atoms with Gasteiger partial charge in [0.25, 0.3) is 11.1 Å². The van der Waals surface area contributed by atoms with E-state index in [4.69, 9.17) is 14.2 Å². The van der Waals surface area contributed by atoms with Gasteiger partial charge < -0.3 is 24.6 Å². The lowest BCUT2D eigenvalue weighted by Crippen LogP contribution is -2.36. The van der Waals surface area contributed by atoms with Gasteiger partial charge in [-0.15, -0.1) is 0 Å². The fraction of sp³-hybridized carbons (Fsp3) is 0.227. The summed E-state index contributed by atoms with van der Waals surface area (Å²) in [6, 6.07) is 8.22. The van der Waals surface area contributed by atoms with Crippen LogP contribution in [0.2, 0.25) is 0 Å². The second-order valence-electron chi connectivity index (χ2n) is 6.96. The van der Waals surface area contributed by atoms with Crippen LogP contribution in [0.15, 0.2) is 35.2 Å². The van der Waals surface area contributed by atoms with Gasteiger partial charge >= 0.3 is 0 Å². The fourth-order valence-electron chi connectivity index (χ4n) is 3.20. The summed E-state index contributed by atoms with van der Waals surface area (Å²) >= 11 is 2.71. The summed E-state index contributed by atoms with van der Waals surface area (Å²) in [4.78, 5) is 38.7. The number of phenolic OH excluding ortho intramolecular Hbond substituents is 1. The number of nitrogens with zero attached hydrogens (tertiary/aromatic N) is 1. The van der Waals surface area contributed by atoms with Crippen molar-refractivity contribution in [2.24, 2.45) is 0 Å². The number of amides is 3. The third-order valence-electron chi connectivity index (χ3n) is 4.65. The van der Waals surface area contributed by atoms with Crippen LogP contribution in [-0.2, 0) is 9.59 Å². The Kier molecular flexibility index (Phi) is 6.98. The number of hydrogen-bond donors (Lipinski definition) is 2. The van der Waals surface area contributed by atoms with Crippen molar-refractivity contribution in [3.8, 4) is 23.0 Å². The number of imide groups is 1. The number of aromatic hydroxyl groups is 1. The largest absolute Gasteiger partial charge is 0.504 e. The molecule has 2 aromatic rings. The molecule has 0 unspecified atom stereocenters. The molecule has 11 heteroatoms. The smallest absolute Gasteiger partial charge is 0.294 e. The summed E-state index contributed by atoms with van der Waals surface area (Å²) in [7, 11) is 0. The molecule has 0 spiro atoms. The molecule has 4 rings (SSSR count). The van der Waals surface area contributed by atoms with E-state index in [1.165, 1.54) is 6.08 Å². The second-order valence-corrected chi connectivity index (χ2v) is 9.11. The van der Waals surface area contributed by atoms with Crippen LogP contribution in [0.3, 0.4) is 0 Å². The first kappa shape index (κ1) is 23.2. The molecule has 0 aromatic heterocycles. The molecule has 2 N–H and O–H groups in total. The minimum Gasteiger partial charge on any atom is -0.504 e. The van der Waals surface area contributed by atoms with Crippen molar-refractivity contribution in [2.75, 3.05) is 31.7 Å². The third kappa shape index (κ3) is 5.19. The fourth-order valence-corrected chi connectivity index (χ4v) is 4.66. The van der Waals surface area contributed by atoms with Gasteiger partial charge in [-0.3, -0.25) is 19.3 Å². The predicted molar refractivity (Wildman–Crippen MR) is 131 cm³/mol. The van der Waals surface area contributed by atoms with Crippen molar-refractivity contribution in [3.63, 3.8) is 0 Å². The van der Waals surface area contributed by atoms with Crippen LogP contribution in [0.5, 0.6) is 23.0 Å². The molecule has 2 aromatic carbocycles. The summed E-state index contributed by atoms with van der Waals surface area (Å²) in [6.45, 7) is 2.61. The number of nitrogens with one attached hydrogen (secondary N) is 1. The van der Waals surface area contributed by atoms with Gasteiger partial charge in [0.1, 0.15) is 19.8 Å². The van der Waals surface area contributed by atoms with Crippen LogP contribution < -0.4 is 19.5 Å². The Bertz CT molecular complexity index is 1170. The highest BCUT2D eigenvalue weighted by Gasteiger charge is 2.36. The van der Waals surface area contributed by atoms with Gasteiger partial charge in [-0.25, -0.2) is 0 Å². The number of ether oxygens (including phenoxy) is 3. The Morgan fingerprint density at radius 1 is 1.24 bits per heavy atom. The number of carbonyl (C=O) groups excluding carboxylic acids is 3. The molecule has 0 aliphatic carbocycles. The highest BCUT2D eigenvalue weighted by atomic mass is 127. The molecule has 0 bridgehead atoms. The minimum atomic E-state index is -0.566. The number of benzene rings is 2. The van der Waals surface area contributed by atoms with Crippen molar-refractivity contribution in [1.29, 1.82) is 0 Å². The van der Waals surface area contributed by atoms with Gasteiger partial charge in [0, 0.05) is 11.8 Å². The monoisotopic (exact) mass is 582 g/mol. The summed E-state index contributed by atoms with van der Waals surface area (Å²) in [6.07, 6.45) is 1.54. The van der Waals surface area contributed by atoms with E-state index in [0.29, 0.717) is 46.1 Å². The second kappa shape index (κ2) is 9.91. The summed E-state index contributed by atoms with van der Waals surface area (Å²) in [5.41, 5.74) is 1.06. The standard InChI is InChI=1S/C22H19IN2O7S/c1-2-30-17-8-12(7-14(23)20(17)27)9-18-21(28)25(22(29)33-18)11-19(26)24-13-3-4-15-16(10-13)32-6-5-31-15/h3-4,7-10,27H,2,5-6,11H2,1H3,(H,24,26)/b18-9+.